The molecular weight excluding hydrogens is 252 g/mol. The predicted molar refractivity (Wildman–Crippen MR) is 78.8 cm³/mol. The molecule has 3 atom stereocenters. The summed E-state index contributed by atoms with van der Waals surface area (Å²) in [7, 11) is 0. The number of allylic oxidation sites excluding steroid dienone is 2. The molecule has 3 nitrogen and oxygen atoms in total. The summed E-state index contributed by atoms with van der Waals surface area (Å²) >= 11 is 0. The third kappa shape index (κ3) is 3.08. The molecule has 0 radical (unpaired) electrons. The first-order chi connectivity index (χ1) is 9.47. The smallest absolute Gasteiger partial charge is 0.337 e. The van der Waals surface area contributed by atoms with Gasteiger partial charge in [0.25, 0.3) is 5.79 Å². The van der Waals surface area contributed by atoms with Crippen LogP contribution in [-0.2, 0) is 14.3 Å². The molecule has 0 aromatic heterocycles. The molecule has 2 rings (SSSR count). The van der Waals surface area contributed by atoms with E-state index in [0.717, 1.165) is 31.4 Å². The van der Waals surface area contributed by atoms with Gasteiger partial charge in [-0.2, -0.15) is 0 Å². The van der Waals surface area contributed by atoms with Gasteiger partial charge >= 0.3 is 5.97 Å². The van der Waals surface area contributed by atoms with Gasteiger partial charge in [-0.15, -0.1) is 6.58 Å². The number of ether oxygens (including phenoxy) is 2. The van der Waals surface area contributed by atoms with E-state index in [4.69, 9.17) is 9.47 Å². The topological polar surface area (TPSA) is 35.5 Å². The number of hydrogen-bond acceptors (Lipinski definition) is 3. The van der Waals surface area contributed by atoms with Gasteiger partial charge in [0, 0.05) is 18.8 Å². The van der Waals surface area contributed by atoms with Gasteiger partial charge in [0.1, 0.15) is 5.76 Å². The van der Waals surface area contributed by atoms with Crippen molar-refractivity contribution < 1.29 is 14.3 Å². The Kier molecular flexibility index (Phi) is 4.56. The van der Waals surface area contributed by atoms with Crippen LogP contribution in [0.3, 0.4) is 0 Å². The van der Waals surface area contributed by atoms with E-state index in [1.54, 1.807) is 0 Å². The van der Waals surface area contributed by atoms with Crippen molar-refractivity contribution in [2.45, 2.75) is 58.7 Å². The van der Waals surface area contributed by atoms with Crippen LogP contribution in [0.1, 0.15) is 52.9 Å². The summed E-state index contributed by atoms with van der Waals surface area (Å²) in [5.41, 5.74) is 0. The van der Waals surface area contributed by atoms with Gasteiger partial charge in [-0.1, -0.05) is 26.8 Å². The van der Waals surface area contributed by atoms with Gasteiger partial charge in [0.2, 0.25) is 0 Å². The lowest BCUT2D eigenvalue weighted by Crippen LogP contribution is -2.52. The minimum Gasteiger partial charge on any atom is -0.456 e. The Bertz CT molecular complexity index is 410. The van der Waals surface area contributed by atoms with Crippen molar-refractivity contribution in [3.63, 3.8) is 0 Å². The third-order valence-corrected chi connectivity index (χ3v) is 4.42. The molecule has 0 amide bonds. The number of carbonyl (C=O) groups excluding carboxylic acids is 1. The minimum absolute atomic E-state index is 0.255. The second kappa shape index (κ2) is 6.02. The zero-order valence-electron chi connectivity index (χ0n) is 12.9. The van der Waals surface area contributed by atoms with Crippen LogP contribution in [0, 0.1) is 17.8 Å². The lowest BCUT2D eigenvalue weighted by Gasteiger charge is -2.48. The molecule has 20 heavy (non-hydrogen) atoms. The fraction of sp³-hybridized carbons (Fsp3) is 0.706. The van der Waals surface area contributed by atoms with Crippen molar-refractivity contribution in [1.82, 2.24) is 0 Å². The molecule has 0 saturated heterocycles. The maximum absolute atomic E-state index is 12.0. The van der Waals surface area contributed by atoms with E-state index in [0.29, 0.717) is 11.8 Å². The molecule has 1 spiro atoms. The second-order valence-corrected chi connectivity index (χ2v) is 6.51. The molecule has 1 fully saturated rings. The van der Waals surface area contributed by atoms with Gasteiger partial charge in [-0.25, -0.2) is 4.79 Å². The molecule has 0 unspecified atom stereocenters. The molecule has 1 saturated carbocycles. The fourth-order valence-electron chi connectivity index (χ4n) is 3.47. The van der Waals surface area contributed by atoms with Crippen LogP contribution in [0.5, 0.6) is 0 Å². The normalized spacial score (nSPS) is 33.6. The van der Waals surface area contributed by atoms with Crippen LogP contribution >= 0.6 is 0 Å². The number of esters is 1. The zero-order valence-corrected chi connectivity index (χ0v) is 12.9. The van der Waals surface area contributed by atoms with E-state index in [2.05, 4.69) is 27.4 Å². The van der Waals surface area contributed by atoms with E-state index < -0.39 is 5.79 Å². The molecule has 1 aliphatic heterocycles. The highest BCUT2D eigenvalue weighted by molar-refractivity contribution is 5.83. The average Bonchev–Trinajstić information content (AvgIpc) is 2.34. The SMILES string of the molecule is C=CCCC1=CC(=O)O[C@@]2(C[C@H](C)CC[C@H]2C(C)C)O1. The van der Waals surface area contributed by atoms with Crippen LogP contribution in [0.2, 0.25) is 0 Å². The van der Waals surface area contributed by atoms with Crippen LogP contribution in [0.15, 0.2) is 24.5 Å². The maximum atomic E-state index is 12.0. The molecule has 0 aromatic carbocycles. The van der Waals surface area contributed by atoms with Crippen LogP contribution in [-0.4, -0.2) is 11.8 Å². The molecular formula is C17H26O3. The molecule has 2 aliphatic rings. The summed E-state index contributed by atoms with van der Waals surface area (Å²) in [6.45, 7) is 10.3. The average molecular weight is 278 g/mol. The van der Waals surface area contributed by atoms with Crippen molar-refractivity contribution >= 4 is 5.97 Å². The van der Waals surface area contributed by atoms with Crippen molar-refractivity contribution in [3.8, 4) is 0 Å². The quantitative estimate of drug-likeness (QED) is 0.571. The van der Waals surface area contributed by atoms with Crippen molar-refractivity contribution in [1.29, 1.82) is 0 Å². The van der Waals surface area contributed by atoms with E-state index in [9.17, 15) is 4.79 Å². The van der Waals surface area contributed by atoms with Gasteiger partial charge in [-0.05, 0) is 31.1 Å². The number of rotatable bonds is 4. The first-order valence-corrected chi connectivity index (χ1v) is 7.70. The van der Waals surface area contributed by atoms with Crippen molar-refractivity contribution in [2.24, 2.45) is 17.8 Å². The Morgan fingerprint density at radius 1 is 1.45 bits per heavy atom. The van der Waals surface area contributed by atoms with Crippen LogP contribution in [0.4, 0.5) is 0 Å². The summed E-state index contributed by atoms with van der Waals surface area (Å²) in [5, 5.41) is 0. The predicted octanol–water partition coefficient (Wildman–Crippen LogP) is 4.20. The largest absolute Gasteiger partial charge is 0.456 e. The Balaban J connectivity index is 2.24. The zero-order chi connectivity index (χ0) is 14.8. The Hall–Kier alpha value is -1.25. The molecule has 1 aliphatic carbocycles. The fourth-order valence-corrected chi connectivity index (χ4v) is 3.47. The lowest BCUT2D eigenvalue weighted by atomic mass is 9.72. The third-order valence-electron chi connectivity index (χ3n) is 4.42. The maximum Gasteiger partial charge on any atom is 0.337 e. The van der Waals surface area contributed by atoms with E-state index >= 15 is 0 Å². The number of carbonyl (C=O) groups is 1. The summed E-state index contributed by atoms with van der Waals surface area (Å²) in [6.07, 6.45) is 7.91. The Morgan fingerprint density at radius 3 is 2.85 bits per heavy atom. The van der Waals surface area contributed by atoms with Crippen molar-refractivity contribution in [2.75, 3.05) is 0 Å². The summed E-state index contributed by atoms with van der Waals surface area (Å²) in [5.74, 6) is 0.991. The van der Waals surface area contributed by atoms with Gasteiger partial charge < -0.3 is 9.47 Å². The van der Waals surface area contributed by atoms with Crippen LogP contribution < -0.4 is 0 Å². The molecule has 0 aromatic rings. The molecule has 0 N–H and O–H groups in total. The highest BCUT2D eigenvalue weighted by Crippen LogP contribution is 2.47. The molecule has 112 valence electrons. The minimum atomic E-state index is -0.742. The van der Waals surface area contributed by atoms with Crippen molar-refractivity contribution in [3.05, 3.63) is 24.5 Å². The van der Waals surface area contributed by atoms with Gasteiger partial charge in [-0.3, -0.25) is 0 Å². The first kappa shape index (κ1) is 15.1. The number of hydrogen-bond donors (Lipinski definition) is 0. The van der Waals surface area contributed by atoms with Gasteiger partial charge in [0.05, 0.1) is 6.08 Å². The molecule has 1 heterocycles. The van der Waals surface area contributed by atoms with E-state index in [1.165, 1.54) is 12.5 Å². The van der Waals surface area contributed by atoms with Crippen LogP contribution in [0.25, 0.3) is 0 Å². The highest BCUT2D eigenvalue weighted by Gasteiger charge is 2.51. The lowest BCUT2D eigenvalue weighted by molar-refractivity contribution is -0.269. The summed E-state index contributed by atoms with van der Waals surface area (Å²) < 4.78 is 11.9. The van der Waals surface area contributed by atoms with E-state index in [1.807, 2.05) is 6.08 Å². The summed E-state index contributed by atoms with van der Waals surface area (Å²) in [4.78, 5) is 12.0. The Labute approximate surface area is 122 Å². The van der Waals surface area contributed by atoms with E-state index in [-0.39, 0.29) is 11.9 Å². The highest BCUT2D eigenvalue weighted by atomic mass is 16.7. The van der Waals surface area contributed by atoms with Gasteiger partial charge in [0.15, 0.2) is 0 Å². The molecule has 0 bridgehead atoms. The second-order valence-electron chi connectivity index (χ2n) is 6.51. The monoisotopic (exact) mass is 278 g/mol. The molecule has 3 heteroatoms. The standard InChI is InChI=1S/C17H26O3/c1-5-6-7-14-10-16(18)20-17(19-14)11-13(4)8-9-15(17)12(2)3/h5,10,12-13,15H,1,6-9,11H2,2-4H3/t13-,15+,17-/m1/s1. The Morgan fingerprint density at radius 2 is 2.20 bits per heavy atom. The summed E-state index contributed by atoms with van der Waals surface area (Å²) in [6, 6.07) is 0. The first-order valence-electron chi connectivity index (χ1n) is 7.70.